The predicted molar refractivity (Wildman–Crippen MR) is 329 cm³/mol. The first-order valence-corrected chi connectivity index (χ1v) is 27.8. The van der Waals surface area contributed by atoms with Crippen molar-refractivity contribution in [1.82, 2.24) is 19.9 Å². The number of halogens is 1. The first-order chi connectivity index (χ1) is 37.6. The third-order valence-corrected chi connectivity index (χ3v) is 15.5. The average molecular weight is 1520 g/mol. The van der Waals surface area contributed by atoms with Gasteiger partial charge in [-0.05, 0) is 156 Å². The molecule has 0 spiro atoms. The standard InChI is InChI=1S/C18H21BNO2.C12H24B2O4.C12H9BrN.2C12H10N.2Ir/c1-13-9-10-16(20-12-13)14-7-6-8-15(11-14)19-21-17(2,3)18(4,5)22-19;1-9(2)10(3,4)16-13(15-9)14-17-11(5,6)12(7,8)18-14;1-9-5-6-12(14-8-9)10-3-2-4-11(13)7-10;2*1-10-7-8-12(13-9-10)11-5-3-2-4-6-11;;/h6,8-12H,1-5H3;1-8H3;2,4-8H,1H3;2*2-5,7-9H,1H3;;/q-1;;3*-1;;. The van der Waals surface area contributed by atoms with Gasteiger partial charge in [0.1, 0.15) is 0 Å². The topological polar surface area (TPSA) is 107 Å². The average Bonchev–Trinajstić information content (AvgIpc) is 3.90. The fraction of sp³-hybridized carbons (Fsp3) is 0.333. The third-order valence-electron chi connectivity index (χ3n) is 15.0. The van der Waals surface area contributed by atoms with Gasteiger partial charge < -0.3 is 47.9 Å². The minimum Gasteiger partial charge on any atom is -0.405 e. The number of benzene rings is 4. The van der Waals surface area contributed by atoms with Crippen molar-refractivity contribution in [3.05, 3.63) is 209 Å². The van der Waals surface area contributed by atoms with Crippen LogP contribution >= 0.6 is 15.9 Å². The molecule has 3 saturated heterocycles. The molecule has 432 valence electrons. The molecule has 0 aliphatic carbocycles. The van der Waals surface area contributed by atoms with Crippen LogP contribution in [0.3, 0.4) is 0 Å². The van der Waals surface area contributed by atoms with E-state index in [0.717, 1.165) is 60.5 Å². The van der Waals surface area contributed by atoms with Gasteiger partial charge in [0.2, 0.25) is 0 Å². The first-order valence-electron chi connectivity index (χ1n) is 27.1. The Morgan fingerprint density at radius 3 is 0.963 bits per heavy atom. The molecule has 0 amide bonds. The number of hydrogen-bond acceptors (Lipinski definition) is 10. The van der Waals surface area contributed by atoms with E-state index in [1.807, 2.05) is 217 Å². The fourth-order valence-electron chi connectivity index (χ4n) is 7.96. The van der Waals surface area contributed by atoms with E-state index in [9.17, 15) is 0 Å². The predicted octanol–water partition coefficient (Wildman–Crippen LogP) is 14.7. The molecular weight excluding hydrogens is 1440 g/mol. The maximum Gasteiger partial charge on any atom is 0.488 e. The maximum absolute atomic E-state index is 6.10. The Labute approximate surface area is 525 Å². The summed E-state index contributed by atoms with van der Waals surface area (Å²) in [5, 5.41) is 0. The molecule has 4 aromatic heterocycles. The van der Waals surface area contributed by atoms with E-state index in [1.165, 1.54) is 16.7 Å². The molecular formula is C66H74B3BrIr2N4O6-4. The van der Waals surface area contributed by atoms with Crippen molar-refractivity contribution in [2.45, 2.75) is 144 Å². The monoisotopic (exact) mass is 1520 g/mol. The molecule has 10 nitrogen and oxygen atoms in total. The van der Waals surface area contributed by atoms with E-state index in [-0.39, 0.29) is 80.9 Å². The van der Waals surface area contributed by atoms with Crippen molar-refractivity contribution in [3.8, 4) is 45.0 Å². The van der Waals surface area contributed by atoms with Crippen LogP contribution in [0.2, 0.25) is 0 Å². The molecule has 2 radical (unpaired) electrons. The molecule has 4 aromatic carbocycles. The molecule has 8 aromatic rings. The van der Waals surface area contributed by atoms with Crippen LogP contribution in [-0.2, 0) is 68.1 Å². The second-order valence-corrected chi connectivity index (χ2v) is 24.1. The van der Waals surface area contributed by atoms with E-state index in [0.29, 0.717) is 0 Å². The van der Waals surface area contributed by atoms with Gasteiger partial charge in [0.25, 0.3) is 0 Å². The van der Waals surface area contributed by atoms with Crippen LogP contribution in [0.25, 0.3) is 45.0 Å². The molecule has 7 heterocycles. The van der Waals surface area contributed by atoms with Crippen LogP contribution in [0.15, 0.2) is 163 Å². The summed E-state index contributed by atoms with van der Waals surface area (Å²) in [6.45, 7) is 32.6. The molecule has 0 N–H and O–H groups in total. The minimum absolute atomic E-state index is 0. The van der Waals surface area contributed by atoms with Gasteiger partial charge in [-0.2, -0.15) is 0 Å². The van der Waals surface area contributed by atoms with Gasteiger partial charge in [-0.25, -0.2) is 0 Å². The van der Waals surface area contributed by atoms with Crippen molar-refractivity contribution in [1.29, 1.82) is 0 Å². The van der Waals surface area contributed by atoms with E-state index in [4.69, 9.17) is 27.9 Å². The van der Waals surface area contributed by atoms with Gasteiger partial charge in [0.15, 0.2) is 0 Å². The molecule has 3 aliphatic heterocycles. The van der Waals surface area contributed by atoms with Gasteiger partial charge in [0.05, 0.1) is 33.6 Å². The van der Waals surface area contributed by atoms with E-state index >= 15 is 0 Å². The van der Waals surface area contributed by atoms with Crippen molar-refractivity contribution >= 4 is 42.5 Å². The summed E-state index contributed by atoms with van der Waals surface area (Å²) >= 11 is 3.43. The Morgan fingerprint density at radius 2 is 0.659 bits per heavy atom. The largest absolute Gasteiger partial charge is 0.488 e. The summed E-state index contributed by atoms with van der Waals surface area (Å²) in [4.78, 5) is 17.4. The Balaban J connectivity index is 0.000000190. The SMILES string of the molecule is CC1(C)OB(B2OC(C)(C)C(C)(C)O2)OC1(C)C.Cc1ccc(-c2[c-]ccc(B3OC(C)(C)C(C)(C)O3)c2)nc1.Cc1ccc(-c2[c-]ccc(Br)c2)nc1.Cc1ccc(-c2[c-]cccc2)nc1.Cc1ccc(-c2[c-]cccc2)nc1.[Ir].[Ir]. The number of aryl methyl sites for hydroxylation is 4. The number of pyridine rings is 4. The Bertz CT molecular complexity index is 3090. The van der Waals surface area contributed by atoms with Gasteiger partial charge >= 0.3 is 21.1 Å². The molecule has 0 unspecified atom stereocenters. The maximum atomic E-state index is 6.10. The smallest absolute Gasteiger partial charge is 0.405 e. The molecule has 16 heteroatoms. The molecule has 0 bridgehead atoms. The van der Waals surface area contributed by atoms with E-state index < -0.39 is 14.0 Å². The van der Waals surface area contributed by atoms with Crippen molar-refractivity contribution in [2.24, 2.45) is 0 Å². The zero-order valence-corrected chi connectivity index (χ0v) is 56.4. The third kappa shape index (κ3) is 17.9. The van der Waals surface area contributed by atoms with Gasteiger partial charge in [-0.3, -0.25) is 0 Å². The molecule has 3 aliphatic rings. The molecule has 0 atom stereocenters. The second kappa shape index (κ2) is 28.9. The van der Waals surface area contributed by atoms with Crippen LogP contribution < -0.4 is 5.46 Å². The normalized spacial score (nSPS) is 17.1. The molecule has 82 heavy (non-hydrogen) atoms. The summed E-state index contributed by atoms with van der Waals surface area (Å²) in [7, 11) is -1.31. The van der Waals surface area contributed by atoms with Crippen LogP contribution in [0, 0.1) is 52.0 Å². The van der Waals surface area contributed by atoms with Crippen LogP contribution in [-0.4, -0.2) is 74.7 Å². The summed E-state index contributed by atoms with van der Waals surface area (Å²) in [6.07, 6.45) is 7.47. The number of nitrogens with zero attached hydrogens (tertiary/aromatic N) is 4. The van der Waals surface area contributed by atoms with Crippen LogP contribution in [0.5, 0.6) is 0 Å². The van der Waals surface area contributed by atoms with Crippen molar-refractivity contribution in [3.63, 3.8) is 0 Å². The van der Waals surface area contributed by atoms with Crippen molar-refractivity contribution < 1.29 is 68.1 Å². The van der Waals surface area contributed by atoms with Gasteiger partial charge in [0, 0.05) is 65.0 Å². The number of hydrogen-bond donors (Lipinski definition) is 0. The fourth-order valence-corrected chi connectivity index (χ4v) is 8.32. The van der Waals surface area contributed by atoms with E-state index in [2.05, 4.69) is 112 Å². The van der Waals surface area contributed by atoms with Crippen LogP contribution in [0.4, 0.5) is 0 Å². The quantitative estimate of drug-likeness (QED) is 0.118. The minimum atomic E-state index is -0.476. The first kappa shape index (κ1) is 68.0. The van der Waals surface area contributed by atoms with Crippen LogP contribution in [0.1, 0.15) is 105 Å². The van der Waals surface area contributed by atoms with Gasteiger partial charge in [-0.15, -0.1) is 137 Å². The summed E-state index contributed by atoms with van der Waals surface area (Å²) in [5.74, 6) is 0. The molecule has 0 saturated carbocycles. The summed E-state index contributed by atoms with van der Waals surface area (Å²) in [6, 6.07) is 56.4. The Kier molecular flexibility index (Phi) is 23.9. The zero-order chi connectivity index (χ0) is 58.1. The summed E-state index contributed by atoms with van der Waals surface area (Å²) < 4.78 is 37.1. The molecule has 11 rings (SSSR count). The van der Waals surface area contributed by atoms with Crippen molar-refractivity contribution in [2.75, 3.05) is 0 Å². The van der Waals surface area contributed by atoms with E-state index in [1.54, 1.807) is 0 Å². The number of rotatable bonds is 6. The zero-order valence-electron chi connectivity index (χ0n) is 50.0. The second-order valence-electron chi connectivity index (χ2n) is 23.2. The van der Waals surface area contributed by atoms with Gasteiger partial charge in [-0.1, -0.05) is 68.9 Å². The Morgan fingerprint density at radius 1 is 0.354 bits per heavy atom. The number of aromatic nitrogens is 4. The molecule has 3 fully saturated rings. The summed E-state index contributed by atoms with van der Waals surface area (Å²) in [5.41, 5.74) is 11.4. The Hall–Kier alpha value is -4.79.